The van der Waals surface area contributed by atoms with Gasteiger partial charge in [0.1, 0.15) is 0 Å². The summed E-state index contributed by atoms with van der Waals surface area (Å²) in [5.41, 5.74) is 1.19. The monoisotopic (exact) mass is 379 g/mol. The standard InChI is InChI=1S/C20H34ClN5/c1-5-22-20(24(4)16-18-8-7-9-19(21)14-18)23-15-17(3)26-12-10-25(6-2)11-13-26/h7-9,14,17H,5-6,10-13,15-16H2,1-4H3,(H,22,23). The fourth-order valence-corrected chi connectivity index (χ4v) is 3.52. The highest BCUT2D eigenvalue weighted by Crippen LogP contribution is 2.12. The number of guanidine groups is 1. The zero-order valence-corrected chi connectivity index (χ0v) is 17.5. The van der Waals surface area contributed by atoms with E-state index in [1.54, 1.807) is 0 Å². The first-order valence-corrected chi connectivity index (χ1v) is 10.1. The van der Waals surface area contributed by atoms with Gasteiger partial charge in [0, 0.05) is 57.4 Å². The molecule has 1 atom stereocenters. The van der Waals surface area contributed by atoms with Gasteiger partial charge >= 0.3 is 0 Å². The molecular weight excluding hydrogens is 346 g/mol. The summed E-state index contributed by atoms with van der Waals surface area (Å²) in [7, 11) is 2.08. The van der Waals surface area contributed by atoms with Gasteiger partial charge in [0.2, 0.25) is 0 Å². The van der Waals surface area contributed by atoms with Crippen LogP contribution in [-0.2, 0) is 6.54 Å². The zero-order valence-electron chi connectivity index (χ0n) is 16.7. The molecular formula is C20H34ClN5. The topological polar surface area (TPSA) is 34.1 Å². The van der Waals surface area contributed by atoms with Gasteiger partial charge in [0.15, 0.2) is 5.96 Å². The Bertz CT molecular complexity index is 569. The molecule has 5 nitrogen and oxygen atoms in total. The zero-order chi connectivity index (χ0) is 18.9. The third-order valence-electron chi connectivity index (χ3n) is 4.99. The van der Waals surface area contributed by atoms with E-state index >= 15 is 0 Å². The first kappa shape index (κ1) is 21.0. The molecule has 1 heterocycles. The van der Waals surface area contributed by atoms with Crippen LogP contribution in [0.2, 0.25) is 5.02 Å². The third-order valence-corrected chi connectivity index (χ3v) is 5.22. The van der Waals surface area contributed by atoms with Gasteiger partial charge in [-0.3, -0.25) is 9.89 Å². The van der Waals surface area contributed by atoms with E-state index < -0.39 is 0 Å². The van der Waals surface area contributed by atoms with Crippen LogP contribution in [0.1, 0.15) is 26.3 Å². The highest BCUT2D eigenvalue weighted by molar-refractivity contribution is 6.30. The molecule has 0 spiro atoms. The Kier molecular flexibility index (Phi) is 8.69. The Morgan fingerprint density at radius 3 is 2.62 bits per heavy atom. The molecule has 2 rings (SSSR count). The molecule has 1 unspecified atom stereocenters. The number of nitrogens with zero attached hydrogens (tertiary/aromatic N) is 4. The summed E-state index contributed by atoms with van der Waals surface area (Å²) in [5, 5.41) is 4.18. The van der Waals surface area contributed by atoms with Crippen LogP contribution >= 0.6 is 11.6 Å². The second-order valence-corrected chi connectivity index (χ2v) is 7.44. The van der Waals surface area contributed by atoms with Gasteiger partial charge < -0.3 is 15.1 Å². The number of benzene rings is 1. The number of piperazine rings is 1. The van der Waals surface area contributed by atoms with E-state index in [9.17, 15) is 0 Å². The number of hydrogen-bond acceptors (Lipinski definition) is 3. The first-order valence-electron chi connectivity index (χ1n) is 9.73. The summed E-state index contributed by atoms with van der Waals surface area (Å²) in [6.07, 6.45) is 0. The molecule has 0 radical (unpaired) electrons. The second-order valence-electron chi connectivity index (χ2n) is 7.00. The maximum Gasteiger partial charge on any atom is 0.194 e. The van der Waals surface area contributed by atoms with E-state index in [-0.39, 0.29) is 0 Å². The van der Waals surface area contributed by atoms with Crippen LogP contribution in [0.25, 0.3) is 0 Å². The highest BCUT2D eigenvalue weighted by Gasteiger charge is 2.20. The van der Waals surface area contributed by atoms with E-state index in [0.717, 1.165) is 50.3 Å². The summed E-state index contributed by atoms with van der Waals surface area (Å²) in [5.74, 6) is 0.950. The van der Waals surface area contributed by atoms with Crippen molar-refractivity contribution >= 4 is 17.6 Å². The summed E-state index contributed by atoms with van der Waals surface area (Å²) >= 11 is 6.11. The summed E-state index contributed by atoms with van der Waals surface area (Å²) < 4.78 is 0. The molecule has 1 N–H and O–H groups in total. The van der Waals surface area contributed by atoms with Crippen molar-refractivity contribution in [3.8, 4) is 0 Å². The summed E-state index contributed by atoms with van der Waals surface area (Å²) in [4.78, 5) is 12.1. The molecule has 1 aromatic rings. The average molecular weight is 380 g/mol. The van der Waals surface area contributed by atoms with Crippen LogP contribution in [0, 0.1) is 0 Å². The molecule has 1 aliphatic heterocycles. The molecule has 6 heteroatoms. The minimum Gasteiger partial charge on any atom is -0.357 e. The minimum absolute atomic E-state index is 0.460. The number of halogens is 1. The molecule has 0 bridgehead atoms. The Labute approximate surface area is 164 Å². The Hall–Kier alpha value is -1.30. The predicted molar refractivity (Wildman–Crippen MR) is 112 cm³/mol. The van der Waals surface area contributed by atoms with Crippen LogP contribution in [0.4, 0.5) is 0 Å². The quantitative estimate of drug-likeness (QED) is 0.583. The first-order chi connectivity index (χ1) is 12.5. The van der Waals surface area contributed by atoms with E-state index in [1.807, 2.05) is 18.2 Å². The molecule has 1 fully saturated rings. The SMILES string of the molecule is CCNC(=NCC(C)N1CCN(CC)CC1)N(C)Cc1cccc(Cl)c1. The summed E-state index contributed by atoms with van der Waals surface area (Å²) in [6.45, 7) is 14.9. The van der Waals surface area contributed by atoms with Crippen molar-refractivity contribution in [2.24, 2.45) is 4.99 Å². The Morgan fingerprint density at radius 1 is 1.27 bits per heavy atom. The number of hydrogen-bond donors (Lipinski definition) is 1. The van der Waals surface area contributed by atoms with Gasteiger partial charge in [-0.2, -0.15) is 0 Å². The van der Waals surface area contributed by atoms with Crippen molar-refractivity contribution in [1.82, 2.24) is 20.0 Å². The van der Waals surface area contributed by atoms with Crippen molar-refractivity contribution < 1.29 is 0 Å². The highest BCUT2D eigenvalue weighted by atomic mass is 35.5. The number of aliphatic imine (C=N–C) groups is 1. The molecule has 1 saturated heterocycles. The van der Waals surface area contributed by atoms with Gasteiger partial charge in [-0.15, -0.1) is 0 Å². The Balaban J connectivity index is 1.92. The molecule has 0 aromatic heterocycles. The van der Waals surface area contributed by atoms with E-state index in [2.05, 4.69) is 53.9 Å². The van der Waals surface area contributed by atoms with Crippen molar-refractivity contribution in [3.63, 3.8) is 0 Å². The fourth-order valence-electron chi connectivity index (χ4n) is 3.31. The lowest BCUT2D eigenvalue weighted by atomic mass is 10.2. The molecule has 0 saturated carbocycles. The molecule has 1 aliphatic rings. The van der Waals surface area contributed by atoms with Crippen LogP contribution < -0.4 is 5.32 Å². The van der Waals surface area contributed by atoms with Crippen molar-refractivity contribution in [1.29, 1.82) is 0 Å². The maximum absolute atomic E-state index is 6.11. The predicted octanol–water partition coefficient (Wildman–Crippen LogP) is 2.76. The molecule has 0 aliphatic carbocycles. The van der Waals surface area contributed by atoms with Gasteiger partial charge in [-0.25, -0.2) is 0 Å². The minimum atomic E-state index is 0.460. The van der Waals surface area contributed by atoms with E-state index in [4.69, 9.17) is 16.6 Å². The van der Waals surface area contributed by atoms with Crippen LogP contribution in [-0.4, -0.2) is 79.6 Å². The van der Waals surface area contributed by atoms with Crippen molar-refractivity contribution in [2.45, 2.75) is 33.4 Å². The largest absolute Gasteiger partial charge is 0.357 e. The van der Waals surface area contributed by atoms with Crippen molar-refractivity contribution in [2.75, 3.05) is 52.9 Å². The van der Waals surface area contributed by atoms with E-state index in [1.165, 1.54) is 18.7 Å². The lowest BCUT2D eigenvalue weighted by molar-refractivity contribution is 0.109. The number of rotatable bonds is 7. The maximum atomic E-state index is 6.11. The van der Waals surface area contributed by atoms with Crippen LogP contribution in [0.15, 0.2) is 29.3 Å². The van der Waals surface area contributed by atoms with Gasteiger partial charge in [-0.1, -0.05) is 30.7 Å². The lowest BCUT2D eigenvalue weighted by Gasteiger charge is -2.37. The third kappa shape index (κ3) is 6.45. The smallest absolute Gasteiger partial charge is 0.194 e. The summed E-state index contributed by atoms with van der Waals surface area (Å²) in [6, 6.07) is 8.47. The van der Waals surface area contributed by atoms with Crippen LogP contribution in [0.5, 0.6) is 0 Å². The van der Waals surface area contributed by atoms with Crippen molar-refractivity contribution in [3.05, 3.63) is 34.9 Å². The second kappa shape index (κ2) is 10.8. The van der Waals surface area contributed by atoms with Gasteiger partial charge in [-0.05, 0) is 38.1 Å². The number of nitrogens with one attached hydrogen (secondary N) is 1. The molecule has 26 heavy (non-hydrogen) atoms. The van der Waals surface area contributed by atoms with Gasteiger partial charge in [0.25, 0.3) is 0 Å². The molecule has 1 aromatic carbocycles. The normalized spacial score (nSPS) is 18.0. The number of likely N-dealkylation sites (N-methyl/N-ethyl adjacent to an activating group) is 1. The lowest BCUT2D eigenvalue weighted by Crippen LogP contribution is -2.50. The molecule has 0 amide bonds. The molecule has 146 valence electrons. The van der Waals surface area contributed by atoms with E-state index in [0.29, 0.717) is 6.04 Å². The van der Waals surface area contributed by atoms with Crippen LogP contribution in [0.3, 0.4) is 0 Å². The average Bonchev–Trinajstić information content (AvgIpc) is 2.64. The Morgan fingerprint density at radius 2 is 2.00 bits per heavy atom. The fraction of sp³-hybridized carbons (Fsp3) is 0.650. The van der Waals surface area contributed by atoms with Gasteiger partial charge in [0.05, 0.1) is 6.54 Å².